The number of benzene rings is 1. The number of methoxy groups -OCH3 is 1. The van der Waals surface area contributed by atoms with Crippen LogP contribution in [0.15, 0.2) is 18.2 Å². The van der Waals surface area contributed by atoms with Gasteiger partial charge in [-0.2, -0.15) is 0 Å². The number of likely N-dealkylation sites (N-methyl/N-ethyl adjacent to an activating group) is 1. The lowest BCUT2D eigenvalue weighted by Crippen LogP contribution is -2.45. The first-order valence-electron chi connectivity index (χ1n) is 7.00. The summed E-state index contributed by atoms with van der Waals surface area (Å²) in [5.74, 6) is 0.918. The van der Waals surface area contributed by atoms with Crippen molar-refractivity contribution in [1.82, 2.24) is 10.2 Å². The van der Waals surface area contributed by atoms with Crippen LogP contribution in [0.25, 0.3) is 0 Å². The second-order valence-electron chi connectivity index (χ2n) is 5.31. The number of ether oxygens (including phenoxy) is 2. The Morgan fingerprint density at radius 2 is 2.35 bits per heavy atom. The number of nitrogens with one attached hydrogen (secondary N) is 1. The van der Waals surface area contributed by atoms with E-state index in [-0.39, 0.29) is 17.9 Å². The summed E-state index contributed by atoms with van der Waals surface area (Å²) >= 11 is 0. The molecule has 1 aromatic rings. The Hall–Kier alpha value is -1.30. The van der Waals surface area contributed by atoms with Gasteiger partial charge in [0.1, 0.15) is 11.5 Å². The maximum Gasteiger partial charge on any atom is 0.124 e. The molecule has 1 aromatic carbocycles. The topological polar surface area (TPSA) is 54.0 Å². The predicted octanol–water partition coefficient (Wildman–Crippen LogP) is 1.38. The van der Waals surface area contributed by atoms with Crippen LogP contribution >= 0.6 is 0 Å². The van der Waals surface area contributed by atoms with E-state index in [2.05, 4.69) is 17.3 Å². The smallest absolute Gasteiger partial charge is 0.124 e. The lowest BCUT2D eigenvalue weighted by Gasteiger charge is -2.31. The van der Waals surface area contributed by atoms with Gasteiger partial charge in [0.25, 0.3) is 0 Å². The average molecular weight is 280 g/mol. The zero-order valence-corrected chi connectivity index (χ0v) is 12.4. The molecule has 2 unspecified atom stereocenters. The molecule has 0 amide bonds. The van der Waals surface area contributed by atoms with Crippen LogP contribution in [0.4, 0.5) is 0 Å². The van der Waals surface area contributed by atoms with Crippen molar-refractivity contribution in [3.63, 3.8) is 0 Å². The summed E-state index contributed by atoms with van der Waals surface area (Å²) in [5, 5.41) is 13.4. The number of aromatic hydroxyl groups is 1. The van der Waals surface area contributed by atoms with Crippen molar-refractivity contribution in [3.05, 3.63) is 23.8 Å². The standard InChI is InChI=1S/C15H24N2O3/c1-11(14-5-4-12(19-3)8-15(14)18)16-9-13-10-17(2)6-7-20-13/h4-5,8,11,13,16,18H,6-7,9-10H2,1-3H3. The summed E-state index contributed by atoms with van der Waals surface area (Å²) in [7, 11) is 3.70. The largest absolute Gasteiger partial charge is 0.507 e. The summed E-state index contributed by atoms with van der Waals surface area (Å²) in [6.45, 7) is 5.52. The number of morpholine rings is 1. The molecule has 0 bridgehead atoms. The van der Waals surface area contributed by atoms with Crippen molar-refractivity contribution in [1.29, 1.82) is 0 Å². The molecular formula is C15H24N2O3. The molecule has 0 radical (unpaired) electrons. The summed E-state index contributed by atoms with van der Waals surface area (Å²) in [5.41, 5.74) is 0.870. The molecule has 112 valence electrons. The summed E-state index contributed by atoms with van der Waals surface area (Å²) in [6.07, 6.45) is 0.205. The second-order valence-corrected chi connectivity index (χ2v) is 5.31. The van der Waals surface area contributed by atoms with Crippen LogP contribution in [-0.2, 0) is 4.74 Å². The predicted molar refractivity (Wildman–Crippen MR) is 78.3 cm³/mol. The van der Waals surface area contributed by atoms with Crippen LogP contribution in [0, 0.1) is 0 Å². The third-order valence-electron chi connectivity index (χ3n) is 3.70. The first-order chi connectivity index (χ1) is 9.60. The van der Waals surface area contributed by atoms with Crippen LogP contribution in [0.3, 0.4) is 0 Å². The van der Waals surface area contributed by atoms with Gasteiger partial charge < -0.3 is 24.8 Å². The molecule has 5 heteroatoms. The van der Waals surface area contributed by atoms with Gasteiger partial charge in [0, 0.05) is 37.3 Å². The van der Waals surface area contributed by atoms with E-state index >= 15 is 0 Å². The van der Waals surface area contributed by atoms with Crippen molar-refractivity contribution in [3.8, 4) is 11.5 Å². The monoisotopic (exact) mass is 280 g/mol. The highest BCUT2D eigenvalue weighted by Gasteiger charge is 2.19. The number of phenols is 1. The zero-order valence-electron chi connectivity index (χ0n) is 12.4. The van der Waals surface area contributed by atoms with Crippen molar-refractivity contribution < 1.29 is 14.6 Å². The van der Waals surface area contributed by atoms with Crippen molar-refractivity contribution in [2.75, 3.05) is 40.4 Å². The van der Waals surface area contributed by atoms with Gasteiger partial charge in [-0.1, -0.05) is 6.07 Å². The van der Waals surface area contributed by atoms with Gasteiger partial charge in [-0.15, -0.1) is 0 Å². The molecule has 5 nitrogen and oxygen atoms in total. The van der Waals surface area contributed by atoms with Gasteiger partial charge in [0.15, 0.2) is 0 Å². The van der Waals surface area contributed by atoms with Gasteiger partial charge in [-0.3, -0.25) is 0 Å². The number of rotatable bonds is 5. The second kappa shape index (κ2) is 6.92. The van der Waals surface area contributed by atoms with E-state index in [1.54, 1.807) is 13.2 Å². The molecule has 0 saturated carbocycles. The summed E-state index contributed by atoms with van der Waals surface area (Å²) in [6, 6.07) is 5.45. The Morgan fingerprint density at radius 3 is 3.00 bits per heavy atom. The number of nitrogens with zero attached hydrogens (tertiary/aromatic N) is 1. The molecule has 0 aromatic heterocycles. The van der Waals surface area contributed by atoms with E-state index in [4.69, 9.17) is 9.47 Å². The van der Waals surface area contributed by atoms with Crippen molar-refractivity contribution >= 4 is 0 Å². The molecule has 1 fully saturated rings. The molecule has 0 aliphatic carbocycles. The molecule has 1 saturated heterocycles. The fourth-order valence-electron chi connectivity index (χ4n) is 2.43. The molecule has 2 rings (SSSR count). The normalized spacial score (nSPS) is 21.6. The maximum absolute atomic E-state index is 10.0. The molecule has 1 heterocycles. The maximum atomic E-state index is 10.0. The van der Waals surface area contributed by atoms with Crippen molar-refractivity contribution in [2.45, 2.75) is 19.1 Å². The average Bonchev–Trinajstić information content (AvgIpc) is 2.44. The number of phenolic OH excluding ortho intramolecular Hbond substituents is 1. The highest BCUT2D eigenvalue weighted by atomic mass is 16.5. The zero-order chi connectivity index (χ0) is 14.5. The van der Waals surface area contributed by atoms with Gasteiger partial charge in [0.2, 0.25) is 0 Å². The molecule has 0 spiro atoms. The van der Waals surface area contributed by atoms with Crippen LogP contribution in [0.1, 0.15) is 18.5 Å². The van der Waals surface area contributed by atoms with Crippen molar-refractivity contribution in [2.24, 2.45) is 0 Å². The first-order valence-corrected chi connectivity index (χ1v) is 7.00. The highest BCUT2D eigenvalue weighted by Crippen LogP contribution is 2.28. The Bertz CT molecular complexity index is 439. The Labute approximate surface area is 120 Å². The quantitative estimate of drug-likeness (QED) is 0.853. The number of hydrogen-bond donors (Lipinski definition) is 2. The van der Waals surface area contributed by atoms with E-state index in [1.807, 2.05) is 19.1 Å². The molecule has 20 heavy (non-hydrogen) atoms. The molecule has 2 N–H and O–H groups in total. The Kier molecular flexibility index (Phi) is 5.23. The third-order valence-corrected chi connectivity index (χ3v) is 3.70. The Balaban J connectivity index is 1.89. The molecular weight excluding hydrogens is 256 g/mol. The van der Waals surface area contributed by atoms with Crippen LogP contribution < -0.4 is 10.1 Å². The first kappa shape index (κ1) is 15.1. The van der Waals surface area contributed by atoms with Gasteiger partial charge in [-0.25, -0.2) is 0 Å². The van der Waals surface area contributed by atoms with Gasteiger partial charge in [-0.05, 0) is 20.0 Å². The van der Waals surface area contributed by atoms with Gasteiger partial charge in [0.05, 0.1) is 19.8 Å². The fraction of sp³-hybridized carbons (Fsp3) is 0.600. The molecule has 1 aliphatic heterocycles. The fourth-order valence-corrected chi connectivity index (χ4v) is 2.43. The molecule has 2 atom stereocenters. The van der Waals surface area contributed by atoms with E-state index in [0.717, 1.165) is 31.8 Å². The molecule has 1 aliphatic rings. The van der Waals surface area contributed by atoms with Crippen LogP contribution in [-0.4, -0.2) is 56.5 Å². The van der Waals surface area contributed by atoms with E-state index in [1.165, 1.54) is 0 Å². The summed E-state index contributed by atoms with van der Waals surface area (Å²) in [4.78, 5) is 2.27. The van der Waals surface area contributed by atoms with E-state index in [0.29, 0.717) is 5.75 Å². The minimum absolute atomic E-state index is 0.0664. The SMILES string of the molecule is COc1ccc(C(C)NCC2CN(C)CCO2)c(O)c1. The number of hydrogen-bond acceptors (Lipinski definition) is 5. The minimum Gasteiger partial charge on any atom is -0.507 e. The van der Waals surface area contributed by atoms with E-state index in [9.17, 15) is 5.11 Å². The van der Waals surface area contributed by atoms with E-state index < -0.39 is 0 Å². The summed E-state index contributed by atoms with van der Waals surface area (Å²) < 4.78 is 10.8. The third kappa shape index (κ3) is 3.85. The van der Waals surface area contributed by atoms with Crippen LogP contribution in [0.5, 0.6) is 11.5 Å². The minimum atomic E-state index is 0.0664. The van der Waals surface area contributed by atoms with Gasteiger partial charge >= 0.3 is 0 Å². The lowest BCUT2D eigenvalue weighted by atomic mass is 10.1. The highest BCUT2D eigenvalue weighted by molar-refractivity contribution is 5.41. The Morgan fingerprint density at radius 1 is 1.55 bits per heavy atom. The van der Waals surface area contributed by atoms with Crippen LogP contribution in [0.2, 0.25) is 0 Å². The lowest BCUT2D eigenvalue weighted by molar-refractivity contribution is -0.0191.